The van der Waals surface area contributed by atoms with E-state index in [-0.39, 0.29) is 0 Å². The van der Waals surface area contributed by atoms with Gasteiger partial charge in [0.15, 0.2) is 0 Å². The van der Waals surface area contributed by atoms with E-state index < -0.39 is 0 Å². The first-order valence-corrected chi connectivity index (χ1v) is 7.55. The molecule has 0 aromatic heterocycles. The van der Waals surface area contributed by atoms with Gasteiger partial charge in [0.25, 0.3) is 0 Å². The molecule has 0 saturated carbocycles. The number of anilines is 1. The van der Waals surface area contributed by atoms with Crippen LogP contribution in [0, 0.1) is 3.57 Å². The summed E-state index contributed by atoms with van der Waals surface area (Å²) in [6.07, 6.45) is 0. The normalized spacial score (nSPS) is 10.3. The predicted molar refractivity (Wildman–Crippen MR) is 89.1 cm³/mol. The van der Waals surface area contributed by atoms with E-state index in [0.717, 1.165) is 26.6 Å². The summed E-state index contributed by atoms with van der Waals surface area (Å²) in [5.74, 6) is 0.910. The highest BCUT2D eigenvalue weighted by Crippen LogP contribution is 2.23. The molecule has 2 rings (SSSR count). The van der Waals surface area contributed by atoms with E-state index in [1.54, 1.807) is 0 Å². The third-order valence-electron chi connectivity index (χ3n) is 2.62. The summed E-state index contributed by atoms with van der Waals surface area (Å²) < 4.78 is 6.61. The Kier molecular flexibility index (Phi) is 5.34. The van der Waals surface area contributed by atoms with Gasteiger partial charge in [0.05, 0.1) is 6.61 Å². The number of hydrogen-bond donors (Lipinski definition) is 1. The maximum Gasteiger partial charge on any atom is 0.119 e. The fourth-order valence-electron chi connectivity index (χ4n) is 1.74. The Hall–Kier alpha value is -0.940. The second-order valence-electron chi connectivity index (χ2n) is 4.06. The molecule has 2 aromatic rings. The fraction of sp³-hybridized carbons (Fsp3) is 0.200. The van der Waals surface area contributed by atoms with Crippen LogP contribution in [-0.2, 0) is 6.54 Å². The Morgan fingerprint density at radius 1 is 1.21 bits per heavy atom. The molecule has 19 heavy (non-hydrogen) atoms. The molecule has 2 nitrogen and oxygen atoms in total. The fourth-order valence-corrected chi connectivity index (χ4v) is 2.80. The van der Waals surface area contributed by atoms with Crippen LogP contribution in [0.5, 0.6) is 5.75 Å². The first kappa shape index (κ1) is 14.5. The quantitative estimate of drug-likeness (QED) is 0.733. The third-order valence-corrected chi connectivity index (χ3v) is 3.75. The van der Waals surface area contributed by atoms with Gasteiger partial charge in [-0.05, 0) is 65.4 Å². The minimum absolute atomic E-state index is 0.686. The van der Waals surface area contributed by atoms with Crippen LogP contribution >= 0.6 is 34.2 Å². The summed E-state index contributed by atoms with van der Waals surface area (Å²) in [6.45, 7) is 3.44. The molecule has 0 heterocycles. The molecule has 0 amide bonds. The highest BCUT2D eigenvalue weighted by molar-refractivity contribution is 14.1. The smallest absolute Gasteiger partial charge is 0.119 e. The lowest BCUT2D eigenvalue weighted by atomic mass is 10.2. The first-order valence-electron chi connectivity index (χ1n) is 6.09. The number of rotatable bonds is 5. The number of halogens is 2. The topological polar surface area (TPSA) is 21.3 Å². The van der Waals surface area contributed by atoms with Gasteiger partial charge >= 0.3 is 0 Å². The van der Waals surface area contributed by atoms with Crippen molar-refractivity contribution in [3.8, 4) is 5.75 Å². The van der Waals surface area contributed by atoms with Crippen LogP contribution in [0.25, 0.3) is 0 Å². The standard InChI is InChI=1S/C15H15ClINO/c1-2-19-13-5-3-4-11(8-13)10-18-15-7-6-12(16)9-14(15)17/h3-9,18H,2,10H2,1H3. The Balaban J connectivity index is 2.03. The molecule has 0 aliphatic carbocycles. The molecule has 0 fully saturated rings. The van der Waals surface area contributed by atoms with Crippen LogP contribution in [0.15, 0.2) is 42.5 Å². The molecule has 0 bridgehead atoms. The van der Waals surface area contributed by atoms with Crippen LogP contribution in [-0.4, -0.2) is 6.61 Å². The molecule has 0 spiro atoms. The maximum atomic E-state index is 5.94. The van der Waals surface area contributed by atoms with E-state index >= 15 is 0 Å². The minimum atomic E-state index is 0.686. The van der Waals surface area contributed by atoms with Crippen molar-refractivity contribution in [3.05, 3.63) is 56.6 Å². The van der Waals surface area contributed by atoms with Crippen molar-refractivity contribution in [2.75, 3.05) is 11.9 Å². The average Bonchev–Trinajstić information content (AvgIpc) is 2.38. The lowest BCUT2D eigenvalue weighted by Crippen LogP contribution is -2.01. The van der Waals surface area contributed by atoms with Crippen molar-refractivity contribution in [3.63, 3.8) is 0 Å². The molecule has 0 aliphatic heterocycles. The first-order chi connectivity index (χ1) is 9.19. The Bertz CT molecular complexity index is 560. The summed E-state index contributed by atoms with van der Waals surface area (Å²) in [5.41, 5.74) is 2.28. The van der Waals surface area contributed by atoms with Gasteiger partial charge < -0.3 is 10.1 Å². The maximum absolute atomic E-state index is 5.94. The summed E-state index contributed by atoms with van der Waals surface area (Å²) in [4.78, 5) is 0. The van der Waals surface area contributed by atoms with Crippen molar-refractivity contribution < 1.29 is 4.74 Å². The van der Waals surface area contributed by atoms with Gasteiger partial charge in [-0.3, -0.25) is 0 Å². The van der Waals surface area contributed by atoms with Crippen LogP contribution in [0.4, 0.5) is 5.69 Å². The Morgan fingerprint density at radius 3 is 2.79 bits per heavy atom. The van der Waals surface area contributed by atoms with Crippen LogP contribution in [0.2, 0.25) is 5.02 Å². The number of hydrogen-bond acceptors (Lipinski definition) is 2. The second-order valence-corrected chi connectivity index (χ2v) is 5.66. The summed E-state index contributed by atoms with van der Waals surface area (Å²) >= 11 is 8.22. The molecular weight excluding hydrogens is 373 g/mol. The molecule has 0 aliphatic rings. The molecule has 2 aromatic carbocycles. The number of ether oxygens (including phenoxy) is 1. The molecule has 4 heteroatoms. The van der Waals surface area contributed by atoms with E-state index in [1.807, 2.05) is 37.3 Å². The summed E-state index contributed by atoms with van der Waals surface area (Å²) in [6, 6.07) is 14.0. The van der Waals surface area contributed by atoms with Gasteiger partial charge in [-0.25, -0.2) is 0 Å². The molecule has 100 valence electrons. The zero-order valence-electron chi connectivity index (χ0n) is 10.6. The van der Waals surface area contributed by atoms with Crippen molar-refractivity contribution in [2.24, 2.45) is 0 Å². The van der Waals surface area contributed by atoms with Gasteiger partial charge in [0, 0.05) is 20.8 Å². The summed E-state index contributed by atoms with van der Waals surface area (Å²) in [7, 11) is 0. The largest absolute Gasteiger partial charge is 0.494 e. The molecular formula is C15H15ClINO. The van der Waals surface area contributed by atoms with E-state index in [9.17, 15) is 0 Å². The highest BCUT2D eigenvalue weighted by atomic mass is 127. The Morgan fingerprint density at radius 2 is 2.05 bits per heavy atom. The van der Waals surface area contributed by atoms with Crippen LogP contribution in [0.3, 0.4) is 0 Å². The van der Waals surface area contributed by atoms with E-state index in [1.165, 1.54) is 5.56 Å². The van der Waals surface area contributed by atoms with Crippen molar-refractivity contribution in [1.82, 2.24) is 0 Å². The lowest BCUT2D eigenvalue weighted by molar-refractivity contribution is 0.340. The Labute approximate surface area is 132 Å². The lowest BCUT2D eigenvalue weighted by Gasteiger charge is -2.10. The minimum Gasteiger partial charge on any atom is -0.494 e. The second kappa shape index (κ2) is 7.01. The van der Waals surface area contributed by atoms with E-state index in [4.69, 9.17) is 16.3 Å². The third kappa shape index (κ3) is 4.28. The van der Waals surface area contributed by atoms with E-state index in [0.29, 0.717) is 6.61 Å². The van der Waals surface area contributed by atoms with Gasteiger partial charge in [0.1, 0.15) is 5.75 Å². The number of nitrogens with one attached hydrogen (secondary N) is 1. The van der Waals surface area contributed by atoms with Gasteiger partial charge in [-0.2, -0.15) is 0 Å². The zero-order valence-corrected chi connectivity index (χ0v) is 13.5. The molecule has 1 N–H and O–H groups in total. The monoisotopic (exact) mass is 387 g/mol. The zero-order chi connectivity index (χ0) is 13.7. The summed E-state index contributed by atoms with van der Waals surface area (Å²) in [5, 5.41) is 4.16. The molecule has 0 radical (unpaired) electrons. The van der Waals surface area contributed by atoms with Crippen molar-refractivity contribution >= 4 is 39.9 Å². The van der Waals surface area contributed by atoms with Gasteiger partial charge in [0.2, 0.25) is 0 Å². The number of benzene rings is 2. The predicted octanol–water partition coefficient (Wildman–Crippen LogP) is 4.96. The highest BCUT2D eigenvalue weighted by Gasteiger charge is 2.01. The van der Waals surface area contributed by atoms with Gasteiger partial charge in [-0.15, -0.1) is 0 Å². The van der Waals surface area contributed by atoms with Crippen molar-refractivity contribution in [1.29, 1.82) is 0 Å². The van der Waals surface area contributed by atoms with Crippen LogP contribution in [0.1, 0.15) is 12.5 Å². The molecule has 0 atom stereocenters. The average molecular weight is 388 g/mol. The SMILES string of the molecule is CCOc1cccc(CNc2ccc(Cl)cc2I)c1. The molecule has 0 saturated heterocycles. The molecule has 0 unspecified atom stereocenters. The van der Waals surface area contributed by atoms with Crippen molar-refractivity contribution in [2.45, 2.75) is 13.5 Å². The van der Waals surface area contributed by atoms with Gasteiger partial charge in [-0.1, -0.05) is 23.7 Å². The van der Waals surface area contributed by atoms with E-state index in [2.05, 4.69) is 40.0 Å². The van der Waals surface area contributed by atoms with Crippen LogP contribution < -0.4 is 10.1 Å².